The van der Waals surface area contributed by atoms with E-state index in [0.29, 0.717) is 17.2 Å². The fourth-order valence-electron chi connectivity index (χ4n) is 2.15. The summed E-state index contributed by atoms with van der Waals surface area (Å²) in [5, 5.41) is 8.45. The van der Waals surface area contributed by atoms with Gasteiger partial charge in [-0.25, -0.2) is 13.9 Å². The predicted molar refractivity (Wildman–Crippen MR) is 82.4 cm³/mol. The van der Waals surface area contributed by atoms with E-state index in [1.165, 1.54) is 29.7 Å². The summed E-state index contributed by atoms with van der Waals surface area (Å²) in [5.41, 5.74) is 1.36. The van der Waals surface area contributed by atoms with Crippen LogP contribution in [0.1, 0.15) is 16.7 Å². The summed E-state index contributed by atoms with van der Waals surface area (Å²) in [6, 6.07) is 9.51. The van der Waals surface area contributed by atoms with Crippen LogP contribution < -0.4 is 5.48 Å². The molecule has 0 fully saturated rings. The van der Waals surface area contributed by atoms with Gasteiger partial charge in [-0.05, 0) is 29.3 Å². The summed E-state index contributed by atoms with van der Waals surface area (Å²) in [7, 11) is -3.96. The standard InChI is InChI=1S/C16H14F3NO4S/c17-16(18,19)13-2-1-3-14(9-13)25(23,24)10-12-6-4-11(5-7-12)8-15(21)20-22/h1-7,9,22H,8,10H2,(H,20,21). The average molecular weight is 373 g/mol. The molecule has 2 N–H and O–H groups in total. The third-order valence-corrected chi connectivity index (χ3v) is 5.08. The number of halogens is 3. The number of hydrogen-bond acceptors (Lipinski definition) is 4. The van der Waals surface area contributed by atoms with Gasteiger partial charge in [0.05, 0.1) is 22.6 Å². The SMILES string of the molecule is O=C(Cc1ccc(CS(=O)(=O)c2cccc(C(F)(F)F)c2)cc1)NO. The number of amides is 1. The maximum atomic E-state index is 12.7. The topological polar surface area (TPSA) is 83.5 Å². The highest BCUT2D eigenvalue weighted by atomic mass is 32.2. The zero-order valence-corrected chi connectivity index (χ0v) is 13.6. The molecular formula is C16H14F3NO4S. The Morgan fingerprint density at radius 3 is 2.20 bits per heavy atom. The highest BCUT2D eigenvalue weighted by Gasteiger charge is 2.31. The molecule has 0 aliphatic rings. The number of hydroxylamine groups is 1. The number of hydrogen-bond donors (Lipinski definition) is 2. The van der Waals surface area contributed by atoms with Gasteiger partial charge in [0.25, 0.3) is 0 Å². The lowest BCUT2D eigenvalue weighted by Gasteiger charge is -2.10. The summed E-state index contributed by atoms with van der Waals surface area (Å²) in [4.78, 5) is 10.6. The van der Waals surface area contributed by atoms with E-state index in [9.17, 15) is 26.4 Å². The Bertz CT molecular complexity index is 862. The summed E-state index contributed by atoms with van der Waals surface area (Å²) in [5.74, 6) is -1.09. The second kappa shape index (κ2) is 7.24. The predicted octanol–water partition coefficient (Wildman–Crippen LogP) is 2.73. The average Bonchev–Trinajstić information content (AvgIpc) is 2.55. The molecule has 0 unspecified atom stereocenters. The van der Waals surface area contributed by atoms with Crippen LogP contribution >= 0.6 is 0 Å². The van der Waals surface area contributed by atoms with Gasteiger partial charge in [-0.1, -0.05) is 30.3 Å². The molecule has 0 heterocycles. The van der Waals surface area contributed by atoms with Crippen molar-refractivity contribution in [3.8, 4) is 0 Å². The smallest absolute Gasteiger partial charge is 0.289 e. The third-order valence-electron chi connectivity index (χ3n) is 3.39. The Morgan fingerprint density at radius 1 is 1.04 bits per heavy atom. The summed E-state index contributed by atoms with van der Waals surface area (Å²) >= 11 is 0. The maximum absolute atomic E-state index is 12.7. The second-order valence-electron chi connectivity index (χ2n) is 5.31. The first kappa shape index (κ1) is 18.9. The molecule has 9 heteroatoms. The van der Waals surface area contributed by atoms with Crippen LogP contribution in [0.2, 0.25) is 0 Å². The van der Waals surface area contributed by atoms with Crippen molar-refractivity contribution in [3.05, 3.63) is 65.2 Å². The summed E-state index contributed by atoms with van der Waals surface area (Å²) < 4.78 is 62.8. The van der Waals surface area contributed by atoms with Crippen molar-refractivity contribution >= 4 is 15.7 Å². The van der Waals surface area contributed by atoms with E-state index in [0.717, 1.165) is 18.2 Å². The molecule has 0 aliphatic carbocycles. The highest BCUT2D eigenvalue weighted by Crippen LogP contribution is 2.31. The number of benzene rings is 2. The quantitative estimate of drug-likeness (QED) is 0.624. The van der Waals surface area contributed by atoms with Crippen LogP contribution in [0.4, 0.5) is 13.2 Å². The highest BCUT2D eigenvalue weighted by molar-refractivity contribution is 7.90. The van der Waals surface area contributed by atoms with Crippen LogP contribution in [0.5, 0.6) is 0 Å². The van der Waals surface area contributed by atoms with Crippen molar-refractivity contribution in [2.75, 3.05) is 0 Å². The normalized spacial score (nSPS) is 12.0. The van der Waals surface area contributed by atoms with Gasteiger partial charge in [0.15, 0.2) is 9.84 Å². The van der Waals surface area contributed by atoms with E-state index < -0.39 is 38.1 Å². The Labute approximate surface area is 142 Å². The van der Waals surface area contributed by atoms with E-state index in [1.54, 1.807) is 0 Å². The van der Waals surface area contributed by atoms with E-state index in [1.807, 2.05) is 0 Å². The van der Waals surface area contributed by atoms with E-state index in [4.69, 9.17) is 5.21 Å². The Morgan fingerprint density at radius 2 is 1.64 bits per heavy atom. The number of carbonyl (C=O) groups excluding carboxylic acids is 1. The van der Waals surface area contributed by atoms with Crippen molar-refractivity contribution in [2.45, 2.75) is 23.2 Å². The molecule has 0 atom stereocenters. The lowest BCUT2D eigenvalue weighted by molar-refractivity contribution is -0.137. The van der Waals surface area contributed by atoms with Crippen molar-refractivity contribution in [1.29, 1.82) is 0 Å². The zero-order valence-electron chi connectivity index (χ0n) is 12.7. The van der Waals surface area contributed by atoms with Gasteiger partial charge >= 0.3 is 6.18 Å². The molecule has 5 nitrogen and oxygen atoms in total. The minimum absolute atomic E-state index is 0.0862. The molecule has 0 bridgehead atoms. The minimum Gasteiger partial charge on any atom is -0.289 e. The van der Waals surface area contributed by atoms with Crippen LogP contribution in [0, 0.1) is 0 Å². The van der Waals surface area contributed by atoms with Crippen LogP contribution in [-0.4, -0.2) is 19.5 Å². The van der Waals surface area contributed by atoms with Crippen molar-refractivity contribution in [3.63, 3.8) is 0 Å². The van der Waals surface area contributed by atoms with Crippen LogP contribution in [-0.2, 0) is 33.0 Å². The Balaban J connectivity index is 2.20. The summed E-state index contributed by atoms with van der Waals surface area (Å²) in [6.07, 6.45) is -4.71. The van der Waals surface area contributed by atoms with Crippen LogP contribution in [0.25, 0.3) is 0 Å². The van der Waals surface area contributed by atoms with Gasteiger partial charge in [-0.3, -0.25) is 10.0 Å². The number of rotatable bonds is 5. The molecule has 0 spiro atoms. The van der Waals surface area contributed by atoms with Crippen LogP contribution in [0.15, 0.2) is 53.4 Å². The first-order valence-electron chi connectivity index (χ1n) is 7.02. The van der Waals surface area contributed by atoms with Gasteiger partial charge in [-0.15, -0.1) is 0 Å². The Hall–Kier alpha value is -2.39. The molecule has 2 rings (SSSR count). The maximum Gasteiger partial charge on any atom is 0.416 e. The van der Waals surface area contributed by atoms with E-state index in [2.05, 4.69) is 0 Å². The molecule has 2 aromatic rings. The molecule has 25 heavy (non-hydrogen) atoms. The number of sulfone groups is 1. The van der Waals surface area contributed by atoms with Gasteiger partial charge in [-0.2, -0.15) is 13.2 Å². The largest absolute Gasteiger partial charge is 0.416 e. The minimum atomic E-state index is -4.62. The van der Waals surface area contributed by atoms with Gasteiger partial charge in [0.1, 0.15) is 0 Å². The van der Waals surface area contributed by atoms with Gasteiger partial charge in [0.2, 0.25) is 5.91 Å². The van der Waals surface area contributed by atoms with Crippen molar-refractivity contribution < 1.29 is 31.6 Å². The van der Waals surface area contributed by atoms with E-state index >= 15 is 0 Å². The molecule has 0 saturated heterocycles. The lowest BCUT2D eigenvalue weighted by Crippen LogP contribution is -2.20. The number of carbonyl (C=O) groups is 1. The number of nitrogens with one attached hydrogen (secondary N) is 1. The molecular weight excluding hydrogens is 359 g/mol. The van der Waals surface area contributed by atoms with Crippen molar-refractivity contribution in [2.24, 2.45) is 0 Å². The lowest BCUT2D eigenvalue weighted by atomic mass is 10.1. The van der Waals surface area contributed by atoms with Crippen LogP contribution in [0.3, 0.4) is 0 Å². The first-order chi connectivity index (χ1) is 11.6. The molecule has 0 aromatic heterocycles. The second-order valence-corrected chi connectivity index (χ2v) is 7.30. The molecule has 2 aromatic carbocycles. The van der Waals surface area contributed by atoms with Crippen molar-refractivity contribution in [1.82, 2.24) is 5.48 Å². The fourth-order valence-corrected chi connectivity index (χ4v) is 3.54. The van der Waals surface area contributed by atoms with Gasteiger partial charge < -0.3 is 0 Å². The monoisotopic (exact) mass is 373 g/mol. The number of alkyl halides is 3. The van der Waals surface area contributed by atoms with Gasteiger partial charge in [0, 0.05) is 0 Å². The fraction of sp³-hybridized carbons (Fsp3) is 0.188. The summed E-state index contributed by atoms with van der Waals surface area (Å²) in [6.45, 7) is 0. The van der Waals surface area contributed by atoms with E-state index in [-0.39, 0.29) is 6.42 Å². The molecule has 1 amide bonds. The first-order valence-corrected chi connectivity index (χ1v) is 8.68. The molecule has 134 valence electrons. The molecule has 0 radical (unpaired) electrons. The zero-order chi connectivity index (χ0) is 18.7. The molecule has 0 saturated carbocycles. The Kier molecular flexibility index (Phi) is 5.48. The third kappa shape index (κ3) is 5.04. The molecule has 0 aliphatic heterocycles.